The molecule has 1 aliphatic carbocycles. The Balaban J connectivity index is 0.00000182. The minimum absolute atomic E-state index is 0.00759. The Kier molecular flexibility index (Phi) is 17.3. The van der Waals surface area contributed by atoms with Crippen molar-refractivity contribution >= 4 is 11.5 Å². The number of allylic oxidation sites excluding steroid dienone is 3. The third kappa shape index (κ3) is 10.5. The number of hydrogen-bond donors (Lipinski definition) is 0. The van der Waals surface area contributed by atoms with Crippen LogP contribution in [-0.2, 0) is 14.3 Å². The van der Waals surface area contributed by atoms with E-state index in [0.29, 0.717) is 49.2 Å². The molecule has 3 aromatic carbocycles. The van der Waals surface area contributed by atoms with Gasteiger partial charge in [-0.3, -0.25) is 4.79 Å². The van der Waals surface area contributed by atoms with E-state index in [2.05, 4.69) is 13.2 Å². The first kappa shape index (κ1) is 41.5. The monoisotopic (exact) mass is 688 g/mol. The lowest BCUT2D eigenvalue weighted by Crippen LogP contribution is -2.19. The Morgan fingerprint density at radius 1 is 0.646 bits per heavy atom. The maximum atomic E-state index is 14.4. The third-order valence-electron chi connectivity index (χ3n) is 6.52. The standard InChI is InChI=1S/C30H21F9O3.2C2H6.C2H4/c1-14(40)41-4-2-3-5-42-18-12-19(15-6-21(31)28(37)22(32)7-15)27(17-10-25(35)30(39)26(36)11-17)20(13-18)16-8-23(33)29(38)24(34)9-16;3*1-2/h6-13,19,27H,2-5H2,1H3;2*1-2H3;1-2H2. The van der Waals surface area contributed by atoms with Crippen LogP contribution in [0.5, 0.6) is 0 Å². The zero-order chi connectivity index (χ0) is 36.7. The van der Waals surface area contributed by atoms with Gasteiger partial charge in [0.05, 0.1) is 13.2 Å². The molecule has 0 fully saturated rings. The lowest BCUT2D eigenvalue weighted by Gasteiger charge is -2.33. The van der Waals surface area contributed by atoms with Gasteiger partial charge in [-0.25, -0.2) is 39.5 Å². The van der Waals surface area contributed by atoms with Crippen LogP contribution in [0.3, 0.4) is 0 Å². The molecule has 2 unspecified atom stereocenters. The number of carbonyl (C=O) groups excluding carboxylic acids is 1. The average Bonchev–Trinajstić information content (AvgIpc) is 3.08. The molecule has 4 rings (SSSR count). The van der Waals surface area contributed by atoms with E-state index in [-0.39, 0.29) is 41.2 Å². The number of rotatable bonds is 9. The number of carbonyl (C=O) groups is 1. The molecule has 3 nitrogen and oxygen atoms in total. The molecule has 3 aromatic rings. The molecule has 0 N–H and O–H groups in total. The molecule has 262 valence electrons. The Morgan fingerprint density at radius 3 is 1.48 bits per heavy atom. The summed E-state index contributed by atoms with van der Waals surface area (Å²) in [7, 11) is 0. The summed E-state index contributed by atoms with van der Waals surface area (Å²) in [5.74, 6) is -18.4. The molecular weight excluding hydrogens is 651 g/mol. The van der Waals surface area contributed by atoms with Crippen molar-refractivity contribution < 1.29 is 53.8 Å². The van der Waals surface area contributed by atoms with E-state index in [1.54, 1.807) is 0 Å². The predicted molar refractivity (Wildman–Crippen MR) is 166 cm³/mol. The highest BCUT2D eigenvalue weighted by molar-refractivity contribution is 5.77. The van der Waals surface area contributed by atoms with Crippen LogP contribution in [0.2, 0.25) is 0 Å². The fourth-order valence-electron chi connectivity index (χ4n) is 4.64. The van der Waals surface area contributed by atoms with Gasteiger partial charge in [0.25, 0.3) is 0 Å². The Bertz CT molecular complexity index is 1530. The van der Waals surface area contributed by atoms with Crippen LogP contribution in [-0.4, -0.2) is 19.2 Å². The first-order valence-corrected chi connectivity index (χ1v) is 15.0. The van der Waals surface area contributed by atoms with Gasteiger partial charge in [0.15, 0.2) is 52.4 Å². The van der Waals surface area contributed by atoms with Crippen molar-refractivity contribution in [2.24, 2.45) is 0 Å². The molecule has 0 radical (unpaired) electrons. The molecule has 1 aliphatic rings. The van der Waals surface area contributed by atoms with Gasteiger partial charge >= 0.3 is 5.97 Å². The highest BCUT2D eigenvalue weighted by Gasteiger charge is 2.35. The molecule has 0 amide bonds. The minimum atomic E-state index is -1.82. The van der Waals surface area contributed by atoms with E-state index in [4.69, 9.17) is 9.47 Å². The molecule has 0 bridgehead atoms. The smallest absolute Gasteiger partial charge is 0.302 e. The maximum absolute atomic E-state index is 14.4. The molecule has 2 atom stereocenters. The molecule has 0 aliphatic heterocycles. The van der Waals surface area contributed by atoms with Crippen molar-refractivity contribution in [1.82, 2.24) is 0 Å². The first-order valence-electron chi connectivity index (χ1n) is 15.0. The van der Waals surface area contributed by atoms with E-state index in [1.165, 1.54) is 19.1 Å². The van der Waals surface area contributed by atoms with Gasteiger partial charge in [-0.2, -0.15) is 0 Å². The number of unbranched alkanes of at least 4 members (excludes halogenated alkanes) is 1. The molecule has 0 spiro atoms. The molecular formula is C36H37F9O3. The molecule has 48 heavy (non-hydrogen) atoms. The maximum Gasteiger partial charge on any atom is 0.302 e. The molecule has 0 saturated carbocycles. The summed E-state index contributed by atoms with van der Waals surface area (Å²) in [5, 5.41) is 0. The van der Waals surface area contributed by atoms with Crippen molar-refractivity contribution in [3.63, 3.8) is 0 Å². The number of esters is 1. The second-order valence-electron chi connectivity index (χ2n) is 9.42. The number of benzene rings is 3. The van der Waals surface area contributed by atoms with Gasteiger partial charge in [-0.1, -0.05) is 27.7 Å². The molecule has 0 saturated heterocycles. The highest BCUT2D eigenvalue weighted by atomic mass is 19.2. The number of hydrogen-bond acceptors (Lipinski definition) is 3. The van der Waals surface area contributed by atoms with E-state index in [9.17, 15) is 44.3 Å². The number of halogens is 9. The third-order valence-corrected chi connectivity index (χ3v) is 6.52. The Hall–Kier alpha value is -4.48. The lowest BCUT2D eigenvalue weighted by atomic mass is 9.72. The van der Waals surface area contributed by atoms with Crippen molar-refractivity contribution in [3.05, 3.63) is 137 Å². The summed E-state index contributed by atoms with van der Waals surface area (Å²) in [4.78, 5) is 10.9. The summed E-state index contributed by atoms with van der Waals surface area (Å²) in [6.07, 6.45) is 3.22. The zero-order valence-corrected chi connectivity index (χ0v) is 27.1. The van der Waals surface area contributed by atoms with Gasteiger partial charge in [-0.05, 0) is 83.7 Å². The van der Waals surface area contributed by atoms with Gasteiger partial charge in [0.1, 0.15) is 5.76 Å². The topological polar surface area (TPSA) is 35.5 Å². The van der Waals surface area contributed by atoms with Gasteiger partial charge in [0, 0.05) is 18.8 Å². The SMILES string of the molecule is C=C.CC.CC.CC(=O)OCCCCOC1=CC(c2cc(F)c(F)c(F)c2)C(c2cc(F)c(F)c(F)c2)C(c2cc(F)c(F)c(F)c2)=C1. The first-order chi connectivity index (χ1) is 22.9. The van der Waals surface area contributed by atoms with Crippen molar-refractivity contribution in [3.8, 4) is 0 Å². The van der Waals surface area contributed by atoms with Crippen LogP contribution in [0.15, 0.2) is 67.5 Å². The van der Waals surface area contributed by atoms with E-state index in [0.717, 1.165) is 0 Å². The molecule has 12 heteroatoms. The van der Waals surface area contributed by atoms with Crippen LogP contribution in [0.1, 0.15) is 76.0 Å². The Morgan fingerprint density at radius 2 is 1.04 bits per heavy atom. The number of ether oxygens (including phenoxy) is 2. The predicted octanol–water partition coefficient (Wildman–Crippen LogP) is 11.0. The van der Waals surface area contributed by atoms with E-state index < -0.39 is 70.2 Å². The van der Waals surface area contributed by atoms with Gasteiger partial charge in [0.2, 0.25) is 0 Å². The highest BCUT2D eigenvalue weighted by Crippen LogP contribution is 2.48. The lowest BCUT2D eigenvalue weighted by molar-refractivity contribution is -0.141. The van der Waals surface area contributed by atoms with Crippen molar-refractivity contribution in [1.29, 1.82) is 0 Å². The summed E-state index contributed by atoms with van der Waals surface area (Å²) in [5.41, 5.74) is -1.08. The van der Waals surface area contributed by atoms with Crippen molar-refractivity contribution in [2.75, 3.05) is 13.2 Å². The van der Waals surface area contributed by atoms with Gasteiger partial charge < -0.3 is 9.47 Å². The summed E-state index contributed by atoms with van der Waals surface area (Å²) < 4.78 is 138. The Labute approximate surface area is 274 Å². The van der Waals surface area contributed by atoms with Crippen molar-refractivity contribution in [2.45, 2.75) is 59.3 Å². The fraction of sp³-hybridized carbons (Fsp3) is 0.306. The molecule has 0 heterocycles. The summed E-state index contributed by atoms with van der Waals surface area (Å²) in [6.45, 7) is 15.3. The van der Waals surface area contributed by atoms with Crippen LogP contribution in [0, 0.1) is 52.4 Å². The largest absolute Gasteiger partial charge is 0.494 e. The van der Waals surface area contributed by atoms with Gasteiger partial charge in [-0.15, -0.1) is 13.2 Å². The fourth-order valence-corrected chi connectivity index (χ4v) is 4.64. The minimum Gasteiger partial charge on any atom is -0.494 e. The second-order valence-corrected chi connectivity index (χ2v) is 9.42. The quantitative estimate of drug-likeness (QED) is 0.0738. The van der Waals surface area contributed by atoms with Crippen LogP contribution in [0.25, 0.3) is 5.57 Å². The normalized spacial score (nSPS) is 14.9. The average molecular weight is 689 g/mol. The van der Waals surface area contributed by atoms with Crippen LogP contribution < -0.4 is 0 Å². The summed E-state index contributed by atoms with van der Waals surface area (Å²) in [6, 6.07) is 3.61. The van der Waals surface area contributed by atoms with E-state index >= 15 is 0 Å². The molecule has 0 aromatic heterocycles. The second kappa shape index (κ2) is 20.0. The summed E-state index contributed by atoms with van der Waals surface area (Å²) >= 11 is 0. The zero-order valence-electron chi connectivity index (χ0n) is 27.1. The van der Waals surface area contributed by atoms with E-state index in [1.807, 2.05) is 27.7 Å². The van der Waals surface area contributed by atoms with Crippen LogP contribution >= 0.6 is 0 Å². The van der Waals surface area contributed by atoms with Crippen LogP contribution in [0.4, 0.5) is 39.5 Å².